The molecule has 0 radical (unpaired) electrons. The third-order valence-electron chi connectivity index (χ3n) is 2.35. The molecule has 0 aliphatic carbocycles. The lowest BCUT2D eigenvalue weighted by Crippen LogP contribution is -2.32. The maximum atomic E-state index is 12.0. The van der Waals surface area contributed by atoms with E-state index in [0.717, 1.165) is 16.6 Å². The Balaban J connectivity index is 2.61. The van der Waals surface area contributed by atoms with Crippen LogP contribution in [0.15, 0.2) is 20.1 Å². The number of hydrogen-bond acceptors (Lipinski definition) is 3. The first-order valence-corrected chi connectivity index (χ1v) is 8.68. The molecule has 0 aliphatic rings. The maximum Gasteiger partial charge on any atom is 0.250 e. The summed E-state index contributed by atoms with van der Waals surface area (Å²) in [6.45, 7) is 6.18. The minimum absolute atomic E-state index is 0.0247. The molecule has 1 heterocycles. The van der Waals surface area contributed by atoms with Crippen molar-refractivity contribution in [3.63, 3.8) is 0 Å². The van der Waals surface area contributed by atoms with E-state index in [1.165, 1.54) is 11.3 Å². The van der Waals surface area contributed by atoms with Crippen molar-refractivity contribution in [3.8, 4) is 0 Å². The molecule has 0 saturated heterocycles. The molecule has 0 aromatic carbocycles. The predicted octanol–water partition coefficient (Wildman–Crippen LogP) is 3.61. The highest BCUT2D eigenvalue weighted by atomic mass is 79.9. The largest absolute Gasteiger partial charge is 0.250 e. The molecule has 0 fully saturated rings. The first-order chi connectivity index (χ1) is 7.81. The van der Waals surface area contributed by atoms with Crippen molar-refractivity contribution in [3.05, 3.63) is 15.9 Å². The molecule has 0 spiro atoms. The fourth-order valence-corrected chi connectivity index (χ4v) is 4.71. The smallest absolute Gasteiger partial charge is 0.208 e. The van der Waals surface area contributed by atoms with Gasteiger partial charge in [-0.05, 0) is 53.7 Å². The maximum absolute atomic E-state index is 12.0. The number of hydrogen-bond donors (Lipinski definition) is 1. The Morgan fingerprint density at radius 1 is 1.29 bits per heavy atom. The zero-order valence-corrected chi connectivity index (χ0v) is 13.5. The van der Waals surface area contributed by atoms with Gasteiger partial charge in [0.05, 0.1) is 3.79 Å². The fourth-order valence-electron chi connectivity index (χ4n) is 1.41. The van der Waals surface area contributed by atoms with E-state index in [-0.39, 0.29) is 6.04 Å². The molecule has 1 aromatic rings. The van der Waals surface area contributed by atoms with E-state index >= 15 is 0 Å². The lowest BCUT2D eigenvalue weighted by molar-refractivity contribution is 0.486. The number of thiophene rings is 1. The molecule has 6 heteroatoms. The minimum Gasteiger partial charge on any atom is -0.208 e. The van der Waals surface area contributed by atoms with Crippen LogP contribution in [0.5, 0.6) is 0 Å². The van der Waals surface area contributed by atoms with Crippen molar-refractivity contribution in [2.24, 2.45) is 5.92 Å². The van der Waals surface area contributed by atoms with E-state index in [1.807, 2.05) is 6.92 Å². The summed E-state index contributed by atoms with van der Waals surface area (Å²) < 4.78 is 27.8. The topological polar surface area (TPSA) is 46.2 Å². The molecule has 0 aliphatic heterocycles. The molecule has 1 N–H and O–H groups in total. The van der Waals surface area contributed by atoms with Gasteiger partial charge in [-0.15, -0.1) is 11.3 Å². The van der Waals surface area contributed by atoms with E-state index in [9.17, 15) is 8.42 Å². The number of nitrogens with one attached hydrogen (secondary N) is 1. The van der Waals surface area contributed by atoms with Gasteiger partial charge in [0.2, 0.25) is 10.0 Å². The lowest BCUT2D eigenvalue weighted by Gasteiger charge is -2.14. The molecule has 98 valence electrons. The van der Waals surface area contributed by atoms with Gasteiger partial charge in [0.1, 0.15) is 4.21 Å². The molecule has 0 amide bonds. The van der Waals surface area contributed by atoms with Crippen molar-refractivity contribution < 1.29 is 8.42 Å². The van der Waals surface area contributed by atoms with E-state index in [2.05, 4.69) is 34.5 Å². The summed E-state index contributed by atoms with van der Waals surface area (Å²) in [7, 11) is -3.35. The molecule has 1 atom stereocenters. The van der Waals surface area contributed by atoms with Crippen LogP contribution in [0.25, 0.3) is 0 Å². The Morgan fingerprint density at radius 3 is 2.41 bits per heavy atom. The van der Waals surface area contributed by atoms with E-state index < -0.39 is 10.0 Å². The Bertz CT molecular complexity index is 454. The second-order valence-electron chi connectivity index (χ2n) is 4.55. The summed E-state index contributed by atoms with van der Waals surface area (Å²) in [5.41, 5.74) is 0. The van der Waals surface area contributed by atoms with Gasteiger partial charge in [0.25, 0.3) is 0 Å². The Kier molecular flexibility index (Phi) is 5.63. The van der Waals surface area contributed by atoms with Gasteiger partial charge in [-0.1, -0.05) is 13.8 Å². The zero-order chi connectivity index (χ0) is 13.1. The van der Waals surface area contributed by atoms with Gasteiger partial charge in [0, 0.05) is 6.04 Å². The van der Waals surface area contributed by atoms with E-state index in [0.29, 0.717) is 10.1 Å². The van der Waals surface area contributed by atoms with Crippen LogP contribution in [0.3, 0.4) is 0 Å². The van der Waals surface area contributed by atoms with Crippen LogP contribution >= 0.6 is 27.3 Å². The van der Waals surface area contributed by atoms with Crippen LogP contribution in [0.4, 0.5) is 0 Å². The van der Waals surface area contributed by atoms with Crippen molar-refractivity contribution in [2.75, 3.05) is 0 Å². The highest BCUT2D eigenvalue weighted by Gasteiger charge is 2.19. The molecule has 0 bridgehead atoms. The van der Waals surface area contributed by atoms with Crippen molar-refractivity contribution in [1.29, 1.82) is 0 Å². The summed E-state index contributed by atoms with van der Waals surface area (Å²) in [6, 6.07) is 3.34. The standard InChI is InChI=1S/C11H18BrNO2S2/c1-8(2)4-5-9(3)13-17(14,15)11-7-6-10(12)16-11/h6-9,13H,4-5H2,1-3H3. The molecule has 1 aromatic heterocycles. The lowest BCUT2D eigenvalue weighted by atomic mass is 10.1. The summed E-state index contributed by atoms with van der Waals surface area (Å²) in [6.07, 6.45) is 1.89. The van der Waals surface area contributed by atoms with Crippen LogP contribution in [0.2, 0.25) is 0 Å². The second kappa shape index (κ2) is 6.31. The summed E-state index contributed by atoms with van der Waals surface area (Å²) in [5.74, 6) is 0.595. The Labute approximate surface area is 116 Å². The van der Waals surface area contributed by atoms with Crippen LogP contribution in [0, 0.1) is 5.92 Å². The molecule has 0 saturated carbocycles. The molecule has 17 heavy (non-hydrogen) atoms. The third-order valence-corrected chi connectivity index (χ3v) is 6.05. The van der Waals surface area contributed by atoms with Crippen molar-refractivity contribution in [1.82, 2.24) is 4.72 Å². The number of rotatable bonds is 6. The minimum atomic E-state index is -3.35. The van der Waals surface area contributed by atoms with Crippen molar-refractivity contribution in [2.45, 2.75) is 43.9 Å². The van der Waals surface area contributed by atoms with Crippen LogP contribution < -0.4 is 4.72 Å². The van der Waals surface area contributed by atoms with Crippen LogP contribution in [-0.4, -0.2) is 14.5 Å². The zero-order valence-electron chi connectivity index (χ0n) is 10.2. The first-order valence-electron chi connectivity index (χ1n) is 5.59. The Morgan fingerprint density at radius 2 is 1.94 bits per heavy atom. The van der Waals surface area contributed by atoms with Gasteiger partial charge < -0.3 is 0 Å². The number of sulfonamides is 1. The van der Waals surface area contributed by atoms with E-state index in [1.54, 1.807) is 12.1 Å². The summed E-state index contributed by atoms with van der Waals surface area (Å²) >= 11 is 4.49. The summed E-state index contributed by atoms with van der Waals surface area (Å²) in [4.78, 5) is 0. The van der Waals surface area contributed by atoms with Crippen LogP contribution in [0.1, 0.15) is 33.6 Å². The van der Waals surface area contributed by atoms with Gasteiger partial charge in [0.15, 0.2) is 0 Å². The molecule has 3 nitrogen and oxygen atoms in total. The average molecular weight is 340 g/mol. The van der Waals surface area contributed by atoms with E-state index in [4.69, 9.17) is 0 Å². The molecule has 1 unspecified atom stereocenters. The molecule has 1 rings (SSSR count). The first kappa shape index (κ1) is 15.1. The van der Waals surface area contributed by atoms with Crippen LogP contribution in [-0.2, 0) is 10.0 Å². The predicted molar refractivity (Wildman–Crippen MR) is 75.9 cm³/mol. The molecular formula is C11H18BrNO2S2. The highest BCUT2D eigenvalue weighted by Crippen LogP contribution is 2.26. The third kappa shape index (κ3) is 5.07. The normalized spacial score (nSPS) is 14.2. The van der Waals surface area contributed by atoms with Gasteiger partial charge >= 0.3 is 0 Å². The van der Waals surface area contributed by atoms with Gasteiger partial charge in [-0.25, -0.2) is 13.1 Å². The quantitative estimate of drug-likeness (QED) is 0.860. The van der Waals surface area contributed by atoms with Gasteiger partial charge in [-0.2, -0.15) is 0 Å². The summed E-state index contributed by atoms with van der Waals surface area (Å²) in [5, 5.41) is 0. The van der Waals surface area contributed by atoms with Gasteiger partial charge in [-0.3, -0.25) is 0 Å². The number of halogens is 1. The highest BCUT2D eigenvalue weighted by molar-refractivity contribution is 9.11. The SMILES string of the molecule is CC(C)CCC(C)NS(=O)(=O)c1ccc(Br)s1. The fraction of sp³-hybridized carbons (Fsp3) is 0.636. The average Bonchev–Trinajstić information content (AvgIpc) is 2.62. The monoisotopic (exact) mass is 339 g/mol. The Hall–Kier alpha value is 0.0900. The second-order valence-corrected chi connectivity index (χ2v) is 8.96. The molecular weight excluding hydrogens is 322 g/mol. The van der Waals surface area contributed by atoms with Crippen molar-refractivity contribution >= 4 is 37.3 Å².